The quantitative estimate of drug-likeness (QED) is 0.877. The summed E-state index contributed by atoms with van der Waals surface area (Å²) in [6.07, 6.45) is -1.91. The lowest BCUT2D eigenvalue weighted by molar-refractivity contribution is -0.272. The molecule has 0 radical (unpaired) electrons. The smallest absolute Gasteiger partial charge is 0.424 e. The van der Waals surface area contributed by atoms with Crippen LogP contribution in [0.5, 0.6) is 0 Å². The molecule has 1 atom stereocenters. The van der Waals surface area contributed by atoms with Crippen molar-refractivity contribution in [3.8, 4) is 0 Å². The van der Waals surface area contributed by atoms with E-state index in [1.807, 2.05) is 0 Å². The highest BCUT2D eigenvalue weighted by Gasteiger charge is 2.57. The van der Waals surface area contributed by atoms with E-state index in [1.54, 1.807) is 6.92 Å². The number of nitrogens with one attached hydrogen (secondary N) is 1. The van der Waals surface area contributed by atoms with Crippen LogP contribution in [0.3, 0.4) is 0 Å². The van der Waals surface area contributed by atoms with Crippen LogP contribution >= 0.6 is 0 Å². The van der Waals surface area contributed by atoms with E-state index in [-0.39, 0.29) is 12.1 Å². The number of amides is 1. The van der Waals surface area contributed by atoms with Crippen molar-refractivity contribution in [3.05, 3.63) is 41.9 Å². The molecule has 0 aliphatic rings. The zero-order valence-electron chi connectivity index (χ0n) is 12.5. The molecule has 2 heterocycles. The fourth-order valence-electron chi connectivity index (χ4n) is 2.22. The van der Waals surface area contributed by atoms with Gasteiger partial charge >= 0.3 is 6.18 Å². The van der Waals surface area contributed by atoms with Crippen molar-refractivity contribution >= 4 is 5.91 Å². The summed E-state index contributed by atoms with van der Waals surface area (Å²) < 4.78 is 45.9. The summed E-state index contributed by atoms with van der Waals surface area (Å²) in [6.45, 7) is 1.18. The average molecular weight is 331 g/mol. The molecule has 126 valence electrons. The highest BCUT2D eigenvalue weighted by atomic mass is 19.4. The average Bonchev–Trinajstić information content (AvgIpc) is 3.05. The monoisotopic (exact) mass is 331 g/mol. The van der Waals surface area contributed by atoms with Crippen LogP contribution < -0.4 is 5.32 Å². The van der Waals surface area contributed by atoms with Crippen LogP contribution in [0.15, 0.2) is 29.1 Å². The summed E-state index contributed by atoms with van der Waals surface area (Å²) >= 11 is 0. The Kier molecular flexibility index (Phi) is 4.51. The summed E-state index contributed by atoms with van der Waals surface area (Å²) in [5.74, 6) is -0.739. The summed E-state index contributed by atoms with van der Waals surface area (Å²) in [5.41, 5.74) is -2.92. The lowest BCUT2D eigenvalue weighted by Gasteiger charge is -2.29. The number of aliphatic hydroxyl groups is 1. The molecule has 0 saturated heterocycles. The Morgan fingerprint density at radius 1 is 1.48 bits per heavy atom. The molecule has 6 nitrogen and oxygen atoms in total. The molecule has 2 rings (SSSR count). The highest BCUT2D eigenvalue weighted by molar-refractivity contribution is 5.94. The van der Waals surface area contributed by atoms with Gasteiger partial charge in [-0.3, -0.25) is 4.79 Å². The van der Waals surface area contributed by atoms with E-state index < -0.39 is 29.9 Å². The number of nitrogens with zero attached hydrogens (tertiary/aromatic N) is 2. The van der Waals surface area contributed by atoms with Crippen molar-refractivity contribution in [3.63, 3.8) is 0 Å². The van der Waals surface area contributed by atoms with Crippen molar-refractivity contribution in [2.45, 2.75) is 25.1 Å². The fraction of sp³-hybridized carbons (Fsp3) is 0.429. The first-order valence-corrected chi connectivity index (χ1v) is 6.76. The Morgan fingerprint density at radius 2 is 2.17 bits per heavy atom. The van der Waals surface area contributed by atoms with Crippen molar-refractivity contribution < 1.29 is 27.5 Å². The first-order valence-electron chi connectivity index (χ1n) is 6.76. The van der Waals surface area contributed by atoms with E-state index in [0.717, 1.165) is 4.57 Å². The normalized spacial score (nSPS) is 14.5. The predicted molar refractivity (Wildman–Crippen MR) is 73.6 cm³/mol. The summed E-state index contributed by atoms with van der Waals surface area (Å²) in [7, 11) is 1.35. The van der Waals surface area contributed by atoms with Crippen LogP contribution in [0.2, 0.25) is 0 Å². The Labute approximate surface area is 129 Å². The maximum Gasteiger partial charge on any atom is 0.424 e. The zero-order valence-corrected chi connectivity index (χ0v) is 12.5. The summed E-state index contributed by atoms with van der Waals surface area (Å²) in [5, 5.41) is 12.4. The van der Waals surface area contributed by atoms with Gasteiger partial charge in [0.2, 0.25) is 5.60 Å². The van der Waals surface area contributed by atoms with Gasteiger partial charge in [0.15, 0.2) is 0 Å². The van der Waals surface area contributed by atoms with Gasteiger partial charge in [0.1, 0.15) is 11.6 Å². The minimum absolute atomic E-state index is 0.234. The van der Waals surface area contributed by atoms with Crippen LogP contribution in [0.4, 0.5) is 13.2 Å². The van der Waals surface area contributed by atoms with Gasteiger partial charge in [-0.05, 0) is 13.0 Å². The number of aromatic nitrogens is 2. The number of imidazole rings is 1. The van der Waals surface area contributed by atoms with E-state index in [4.69, 9.17) is 4.42 Å². The molecular weight excluding hydrogens is 315 g/mol. The number of alkyl halides is 3. The lowest BCUT2D eigenvalue weighted by Crippen LogP contribution is -2.46. The summed E-state index contributed by atoms with van der Waals surface area (Å²) in [6, 6.07) is 1.42. The van der Waals surface area contributed by atoms with Crippen LogP contribution in [0, 0.1) is 6.92 Å². The van der Waals surface area contributed by atoms with Crippen LogP contribution in [0.25, 0.3) is 0 Å². The third-order valence-corrected chi connectivity index (χ3v) is 3.54. The van der Waals surface area contributed by atoms with E-state index in [9.17, 15) is 23.1 Å². The number of aryl methyl sites for hydroxylation is 2. The molecule has 2 aromatic rings. The van der Waals surface area contributed by atoms with Crippen LogP contribution in [-0.2, 0) is 12.6 Å². The minimum Gasteiger partial charge on any atom is -0.469 e. The Morgan fingerprint density at radius 3 is 2.65 bits per heavy atom. The van der Waals surface area contributed by atoms with Crippen molar-refractivity contribution in [2.75, 3.05) is 6.54 Å². The molecule has 2 aromatic heterocycles. The second-order valence-electron chi connectivity index (χ2n) is 5.12. The first kappa shape index (κ1) is 17.1. The van der Waals surface area contributed by atoms with Crippen LogP contribution in [-0.4, -0.2) is 33.3 Å². The second kappa shape index (κ2) is 6.07. The largest absolute Gasteiger partial charge is 0.469 e. The number of furan rings is 1. The Balaban J connectivity index is 2.10. The molecule has 2 N–H and O–H groups in total. The number of hydrogen-bond donors (Lipinski definition) is 2. The van der Waals surface area contributed by atoms with E-state index >= 15 is 0 Å². The van der Waals surface area contributed by atoms with Gasteiger partial charge in [-0.1, -0.05) is 0 Å². The molecule has 0 aliphatic heterocycles. The summed E-state index contributed by atoms with van der Waals surface area (Å²) in [4.78, 5) is 15.4. The molecular formula is C14H16F3N3O3. The first-order chi connectivity index (χ1) is 10.7. The van der Waals surface area contributed by atoms with Crippen molar-refractivity contribution in [1.82, 2.24) is 14.9 Å². The van der Waals surface area contributed by atoms with Gasteiger partial charge < -0.3 is 19.4 Å². The Bertz CT molecular complexity index is 693. The lowest BCUT2D eigenvalue weighted by atomic mass is 9.97. The number of rotatable bonds is 5. The molecule has 0 bridgehead atoms. The molecule has 0 spiro atoms. The Hall–Kier alpha value is -2.29. The van der Waals surface area contributed by atoms with Gasteiger partial charge in [0.05, 0.1) is 11.8 Å². The van der Waals surface area contributed by atoms with Gasteiger partial charge in [0.25, 0.3) is 5.91 Å². The highest BCUT2D eigenvalue weighted by Crippen LogP contribution is 2.40. The molecule has 0 aliphatic carbocycles. The molecule has 9 heteroatoms. The third kappa shape index (κ3) is 3.24. The maximum absolute atomic E-state index is 13.3. The van der Waals surface area contributed by atoms with Crippen molar-refractivity contribution in [2.24, 2.45) is 7.05 Å². The molecule has 0 saturated carbocycles. The molecule has 0 fully saturated rings. The van der Waals surface area contributed by atoms with Gasteiger partial charge in [-0.15, -0.1) is 0 Å². The second-order valence-corrected chi connectivity index (χ2v) is 5.12. The molecule has 1 amide bonds. The van der Waals surface area contributed by atoms with E-state index in [1.165, 1.54) is 31.8 Å². The van der Waals surface area contributed by atoms with Gasteiger partial charge in [-0.25, -0.2) is 4.98 Å². The van der Waals surface area contributed by atoms with Gasteiger partial charge in [0, 0.05) is 32.4 Å². The van der Waals surface area contributed by atoms with E-state index in [2.05, 4.69) is 10.3 Å². The maximum atomic E-state index is 13.3. The zero-order chi connectivity index (χ0) is 17.3. The molecule has 23 heavy (non-hydrogen) atoms. The number of hydrogen-bond acceptors (Lipinski definition) is 4. The van der Waals surface area contributed by atoms with Crippen LogP contribution in [0.1, 0.15) is 28.4 Å². The topological polar surface area (TPSA) is 80.3 Å². The van der Waals surface area contributed by atoms with Crippen molar-refractivity contribution in [1.29, 1.82) is 0 Å². The predicted octanol–water partition coefficient (Wildman–Crippen LogP) is 1.89. The fourth-order valence-corrected chi connectivity index (χ4v) is 2.22. The standard InChI is InChI=1S/C14H16F3N3O3/c1-9-10(3-8-23-9)11(21)18-5-4-13(22,14(15,16)17)12-19-6-7-20(12)2/h3,6-8,22H,4-5H2,1-2H3,(H,18,21). The third-order valence-electron chi connectivity index (χ3n) is 3.54. The minimum atomic E-state index is -4.93. The number of carbonyl (C=O) groups excluding carboxylic acids is 1. The molecule has 1 unspecified atom stereocenters. The van der Waals surface area contributed by atoms with E-state index in [0.29, 0.717) is 5.76 Å². The van der Waals surface area contributed by atoms with Gasteiger partial charge in [-0.2, -0.15) is 13.2 Å². The molecule has 0 aromatic carbocycles. The number of halogens is 3. The number of carbonyl (C=O) groups is 1. The SMILES string of the molecule is Cc1occc1C(=O)NCCC(O)(c1nccn1C)C(F)(F)F.